The number of nitrogens with zero attached hydrogens (tertiary/aromatic N) is 1. The van der Waals surface area contributed by atoms with Crippen LogP contribution < -0.4 is 5.32 Å². The van der Waals surface area contributed by atoms with Crippen molar-refractivity contribution >= 4 is 28.3 Å². The molecule has 0 spiro atoms. The summed E-state index contributed by atoms with van der Waals surface area (Å²) in [4.78, 5) is 21.3. The Morgan fingerprint density at radius 3 is 2.60 bits per heavy atom. The Kier molecular flexibility index (Phi) is 4.31. The van der Waals surface area contributed by atoms with E-state index < -0.39 is 0 Å². The Morgan fingerprint density at radius 2 is 1.84 bits per heavy atom. The van der Waals surface area contributed by atoms with Crippen molar-refractivity contribution in [1.82, 2.24) is 15.3 Å². The zero-order valence-electron chi connectivity index (χ0n) is 13.5. The van der Waals surface area contributed by atoms with Crippen molar-refractivity contribution in [2.24, 2.45) is 0 Å². The zero-order chi connectivity index (χ0) is 17.1. The number of nitrogens with one attached hydrogen (secondary N) is 2. The molecule has 1 unspecified atom stereocenters. The predicted molar refractivity (Wildman–Crippen MR) is 101 cm³/mol. The van der Waals surface area contributed by atoms with Gasteiger partial charge in [0.25, 0.3) is 5.91 Å². The first-order valence-electron chi connectivity index (χ1n) is 8.12. The van der Waals surface area contributed by atoms with Gasteiger partial charge < -0.3 is 10.3 Å². The monoisotopic (exact) mass is 347 g/mol. The fourth-order valence-electron chi connectivity index (χ4n) is 2.84. The second-order valence-corrected chi connectivity index (χ2v) is 6.78. The first kappa shape index (κ1) is 15.6. The molecule has 0 aliphatic rings. The summed E-state index contributed by atoms with van der Waals surface area (Å²) in [6.07, 6.45) is 0.678. The van der Waals surface area contributed by atoms with Gasteiger partial charge in [-0.25, -0.2) is 4.98 Å². The van der Waals surface area contributed by atoms with Crippen LogP contribution in [-0.4, -0.2) is 15.9 Å². The molecular formula is C20H17N3OS. The number of hydrogen-bond acceptors (Lipinski definition) is 3. The maximum atomic E-state index is 12.6. The summed E-state index contributed by atoms with van der Waals surface area (Å²) >= 11 is 1.44. The molecule has 124 valence electrons. The van der Waals surface area contributed by atoms with Gasteiger partial charge in [0.15, 0.2) is 0 Å². The van der Waals surface area contributed by atoms with E-state index in [1.165, 1.54) is 11.3 Å². The average Bonchev–Trinajstić information content (AvgIpc) is 3.31. The van der Waals surface area contributed by atoms with Gasteiger partial charge >= 0.3 is 0 Å². The van der Waals surface area contributed by atoms with Crippen LogP contribution in [0.1, 0.15) is 27.1 Å². The van der Waals surface area contributed by atoms with Gasteiger partial charge in [0.05, 0.1) is 22.0 Å². The van der Waals surface area contributed by atoms with E-state index in [1.54, 1.807) is 0 Å². The van der Waals surface area contributed by atoms with Crippen LogP contribution in [0.3, 0.4) is 0 Å². The maximum absolute atomic E-state index is 12.6. The highest BCUT2D eigenvalue weighted by atomic mass is 32.1. The molecule has 1 amide bonds. The first-order chi connectivity index (χ1) is 12.3. The van der Waals surface area contributed by atoms with Crippen LogP contribution in [-0.2, 0) is 6.42 Å². The third-order valence-electron chi connectivity index (χ3n) is 4.07. The molecule has 4 rings (SSSR count). The number of H-pyrrole nitrogens is 1. The minimum absolute atomic E-state index is 0.0728. The molecule has 2 N–H and O–H groups in total. The molecule has 5 heteroatoms. The molecule has 1 atom stereocenters. The van der Waals surface area contributed by atoms with Crippen LogP contribution in [0.25, 0.3) is 11.0 Å². The molecular weight excluding hydrogens is 330 g/mol. The number of fused-ring (bicyclic) bond motifs is 1. The lowest BCUT2D eigenvalue weighted by molar-refractivity contribution is 0.0939. The van der Waals surface area contributed by atoms with Crippen molar-refractivity contribution in [2.45, 2.75) is 12.5 Å². The number of thiophene rings is 1. The van der Waals surface area contributed by atoms with Gasteiger partial charge in [-0.15, -0.1) is 11.3 Å². The predicted octanol–water partition coefficient (Wildman–Crippen LogP) is 4.34. The fraction of sp³-hybridized carbons (Fsp3) is 0.100. The van der Waals surface area contributed by atoms with E-state index in [4.69, 9.17) is 0 Å². The van der Waals surface area contributed by atoms with E-state index in [0.29, 0.717) is 11.3 Å². The molecule has 4 aromatic rings. The fourth-order valence-corrected chi connectivity index (χ4v) is 3.47. The van der Waals surface area contributed by atoms with Crippen molar-refractivity contribution in [2.75, 3.05) is 0 Å². The van der Waals surface area contributed by atoms with E-state index >= 15 is 0 Å². The van der Waals surface area contributed by atoms with E-state index in [-0.39, 0.29) is 11.9 Å². The van der Waals surface area contributed by atoms with Crippen molar-refractivity contribution in [3.05, 3.63) is 88.4 Å². The Balaban J connectivity index is 1.66. The highest BCUT2D eigenvalue weighted by Crippen LogP contribution is 2.21. The average molecular weight is 347 g/mol. The second kappa shape index (κ2) is 6.91. The number of aromatic nitrogens is 2. The number of hydrogen-bond donors (Lipinski definition) is 2. The zero-order valence-corrected chi connectivity index (χ0v) is 14.3. The summed E-state index contributed by atoms with van der Waals surface area (Å²) in [5, 5.41) is 5.03. The van der Waals surface area contributed by atoms with Crippen molar-refractivity contribution in [1.29, 1.82) is 0 Å². The van der Waals surface area contributed by atoms with Crippen LogP contribution in [0.4, 0.5) is 0 Å². The summed E-state index contributed by atoms with van der Waals surface area (Å²) < 4.78 is 0. The Labute approximate surface area is 149 Å². The van der Waals surface area contributed by atoms with Gasteiger partial charge in [-0.2, -0.15) is 0 Å². The lowest BCUT2D eigenvalue weighted by atomic mass is 10.1. The molecule has 0 fully saturated rings. The standard InChI is InChI=1S/C20H17N3OS/c24-20(18-11-6-12-25-18)23-17(13-14-7-2-1-3-8-14)19-21-15-9-4-5-10-16(15)22-19/h1-12,17H,13H2,(H,21,22)(H,23,24). The number of rotatable bonds is 5. The lowest BCUT2D eigenvalue weighted by Crippen LogP contribution is -2.30. The molecule has 0 saturated heterocycles. The van der Waals surface area contributed by atoms with Crippen molar-refractivity contribution in [3.63, 3.8) is 0 Å². The van der Waals surface area contributed by atoms with E-state index in [0.717, 1.165) is 22.4 Å². The lowest BCUT2D eigenvalue weighted by Gasteiger charge is -2.16. The summed E-state index contributed by atoms with van der Waals surface area (Å²) in [6.45, 7) is 0. The van der Waals surface area contributed by atoms with Gasteiger partial charge in [0.1, 0.15) is 5.82 Å². The van der Waals surface area contributed by atoms with Crippen LogP contribution >= 0.6 is 11.3 Å². The van der Waals surface area contributed by atoms with E-state index in [2.05, 4.69) is 27.4 Å². The topological polar surface area (TPSA) is 57.8 Å². The summed E-state index contributed by atoms with van der Waals surface area (Å²) in [7, 11) is 0. The molecule has 0 bridgehead atoms. The molecule has 2 aromatic heterocycles. The van der Waals surface area contributed by atoms with E-state index in [9.17, 15) is 4.79 Å². The molecule has 0 aliphatic carbocycles. The van der Waals surface area contributed by atoms with Crippen LogP contribution in [0.5, 0.6) is 0 Å². The molecule has 25 heavy (non-hydrogen) atoms. The van der Waals surface area contributed by atoms with Crippen molar-refractivity contribution < 1.29 is 4.79 Å². The van der Waals surface area contributed by atoms with Gasteiger partial charge in [-0.3, -0.25) is 4.79 Å². The highest BCUT2D eigenvalue weighted by Gasteiger charge is 2.20. The molecule has 2 aromatic carbocycles. The molecule has 4 nitrogen and oxygen atoms in total. The first-order valence-corrected chi connectivity index (χ1v) is 9.00. The summed E-state index contributed by atoms with van der Waals surface area (Å²) in [5.74, 6) is 0.700. The normalized spacial score (nSPS) is 12.2. The van der Waals surface area contributed by atoms with Gasteiger partial charge in [0.2, 0.25) is 0 Å². The van der Waals surface area contributed by atoms with E-state index in [1.807, 2.05) is 60.0 Å². The smallest absolute Gasteiger partial charge is 0.261 e. The minimum atomic E-state index is -0.218. The number of imidazole rings is 1. The SMILES string of the molecule is O=C(NC(Cc1ccccc1)c1nc2ccccc2[nH]1)c1cccs1. The number of aromatic amines is 1. The number of amides is 1. The number of para-hydroxylation sites is 2. The Bertz CT molecular complexity index is 944. The third kappa shape index (κ3) is 3.46. The summed E-state index contributed by atoms with van der Waals surface area (Å²) in [6, 6.07) is 21.5. The largest absolute Gasteiger partial charge is 0.341 e. The third-order valence-corrected chi connectivity index (χ3v) is 4.94. The highest BCUT2D eigenvalue weighted by molar-refractivity contribution is 7.12. The summed E-state index contributed by atoms with van der Waals surface area (Å²) in [5.41, 5.74) is 3.03. The van der Waals surface area contributed by atoms with Gasteiger partial charge in [0, 0.05) is 0 Å². The maximum Gasteiger partial charge on any atom is 0.261 e. The van der Waals surface area contributed by atoms with Crippen molar-refractivity contribution in [3.8, 4) is 0 Å². The van der Waals surface area contributed by atoms with Crippen LogP contribution in [0, 0.1) is 0 Å². The van der Waals surface area contributed by atoms with Gasteiger partial charge in [-0.05, 0) is 35.6 Å². The molecule has 0 radical (unpaired) electrons. The molecule has 0 aliphatic heterocycles. The number of carbonyl (C=O) groups is 1. The quantitative estimate of drug-likeness (QED) is 0.564. The second-order valence-electron chi connectivity index (χ2n) is 5.83. The molecule has 0 saturated carbocycles. The molecule has 2 heterocycles. The van der Waals surface area contributed by atoms with Crippen LogP contribution in [0.15, 0.2) is 72.1 Å². The minimum Gasteiger partial charge on any atom is -0.341 e. The van der Waals surface area contributed by atoms with Gasteiger partial charge in [-0.1, -0.05) is 48.5 Å². The van der Waals surface area contributed by atoms with Crippen LogP contribution in [0.2, 0.25) is 0 Å². The Morgan fingerprint density at radius 1 is 1.04 bits per heavy atom. The Hall–Kier alpha value is -2.92. The number of carbonyl (C=O) groups excluding carboxylic acids is 1. The number of benzene rings is 2.